The van der Waals surface area contributed by atoms with E-state index in [1.54, 1.807) is 6.07 Å². The molecule has 5 atom stereocenters. The fourth-order valence-electron chi connectivity index (χ4n) is 5.43. The number of carbonyl (C=O) groups is 1. The first-order valence-corrected chi connectivity index (χ1v) is 12.9. The zero-order valence-corrected chi connectivity index (χ0v) is 23.1. The molecule has 0 spiro atoms. The molecule has 12 nitrogen and oxygen atoms in total. The Balaban J connectivity index is 1.60. The Morgan fingerprint density at radius 1 is 0.927 bits per heavy atom. The van der Waals surface area contributed by atoms with Gasteiger partial charge in [0.25, 0.3) is 0 Å². The summed E-state index contributed by atoms with van der Waals surface area (Å²) in [4.78, 5) is 25.6. The maximum Gasteiger partial charge on any atom is 0.240 e. The number of aliphatic hydroxyl groups is 4. The van der Waals surface area contributed by atoms with Crippen molar-refractivity contribution in [2.24, 2.45) is 0 Å². The van der Waals surface area contributed by atoms with Gasteiger partial charge >= 0.3 is 0 Å². The van der Waals surface area contributed by atoms with E-state index in [0.29, 0.717) is 24.7 Å². The van der Waals surface area contributed by atoms with Crippen molar-refractivity contribution in [1.29, 1.82) is 0 Å². The maximum atomic E-state index is 13.6. The summed E-state index contributed by atoms with van der Waals surface area (Å²) >= 11 is 0. The lowest BCUT2D eigenvalue weighted by Gasteiger charge is -2.64. The van der Waals surface area contributed by atoms with E-state index in [9.17, 15) is 35.1 Å². The second-order valence-electron chi connectivity index (χ2n) is 11.2. The van der Waals surface area contributed by atoms with Crippen LogP contribution in [-0.2, 0) is 4.74 Å². The molecular weight excluding hydrogens is 540 g/mol. The normalized spacial score (nSPS) is 33.0. The Morgan fingerprint density at radius 3 is 2.22 bits per heavy atom. The monoisotopic (exact) mass is 571 g/mol. The van der Waals surface area contributed by atoms with Crippen LogP contribution in [0, 0.1) is 0 Å². The molecule has 3 heterocycles. The van der Waals surface area contributed by atoms with Gasteiger partial charge in [-0.1, -0.05) is 6.07 Å². The van der Waals surface area contributed by atoms with Crippen molar-refractivity contribution in [3.8, 4) is 28.4 Å². The summed E-state index contributed by atoms with van der Waals surface area (Å²) in [6.45, 7) is 6.18. The number of ether oxygens (including phenoxy) is 4. The molecule has 2 aliphatic rings. The number of carboxylic acid groups (broad SMARTS) is 1. The Hall–Kier alpha value is -3.68. The van der Waals surface area contributed by atoms with Crippen molar-refractivity contribution in [3.63, 3.8) is 0 Å². The van der Waals surface area contributed by atoms with Crippen LogP contribution in [-0.4, -0.2) is 74.4 Å². The third-order valence-corrected chi connectivity index (χ3v) is 8.72. The van der Waals surface area contributed by atoms with Gasteiger partial charge in [-0.3, -0.25) is 4.79 Å². The van der Waals surface area contributed by atoms with Crippen molar-refractivity contribution in [2.75, 3.05) is 19.8 Å². The van der Waals surface area contributed by atoms with Gasteiger partial charge in [-0.05, 0) is 57.5 Å². The summed E-state index contributed by atoms with van der Waals surface area (Å²) in [6, 6.07) is 8.49. The predicted octanol–water partition coefficient (Wildman–Crippen LogP) is 0.724. The molecule has 4 N–H and O–H groups in total. The third-order valence-electron chi connectivity index (χ3n) is 8.72. The molecule has 1 aromatic heterocycles. The predicted molar refractivity (Wildman–Crippen MR) is 141 cm³/mol. The second-order valence-corrected chi connectivity index (χ2v) is 11.2. The molecule has 0 unspecified atom stereocenters. The minimum absolute atomic E-state index is 0.0174. The maximum absolute atomic E-state index is 13.6. The molecule has 0 radical (unpaired) electrons. The van der Waals surface area contributed by atoms with Crippen LogP contribution in [0.4, 0.5) is 0 Å². The number of aromatic carboxylic acids is 1. The first-order chi connectivity index (χ1) is 19.0. The molecular formula is C29H31O12-. The molecule has 0 bridgehead atoms. The van der Waals surface area contributed by atoms with Gasteiger partial charge < -0.3 is 53.7 Å². The average molecular weight is 572 g/mol. The number of carbonyl (C=O) groups excluding carboxylic acids is 1. The molecule has 2 aromatic carbocycles. The minimum Gasteiger partial charge on any atom is -0.542 e. The summed E-state index contributed by atoms with van der Waals surface area (Å²) < 4.78 is 28.6. The average Bonchev–Trinajstić information content (AvgIpc) is 2.91. The van der Waals surface area contributed by atoms with Crippen LogP contribution in [0.3, 0.4) is 0 Å². The van der Waals surface area contributed by atoms with Gasteiger partial charge in [0.2, 0.25) is 11.2 Å². The van der Waals surface area contributed by atoms with Crippen LogP contribution >= 0.6 is 0 Å². The smallest absolute Gasteiger partial charge is 0.240 e. The van der Waals surface area contributed by atoms with Gasteiger partial charge in [0, 0.05) is 13.0 Å². The van der Waals surface area contributed by atoms with E-state index >= 15 is 0 Å². The van der Waals surface area contributed by atoms with Gasteiger partial charge in [0.1, 0.15) is 47.3 Å². The molecule has 1 saturated heterocycles. The molecule has 220 valence electrons. The first-order valence-electron chi connectivity index (χ1n) is 12.9. The number of benzene rings is 2. The molecule has 3 aromatic rings. The zero-order valence-electron chi connectivity index (χ0n) is 23.1. The van der Waals surface area contributed by atoms with Crippen molar-refractivity contribution in [3.05, 3.63) is 52.4 Å². The van der Waals surface area contributed by atoms with E-state index in [2.05, 4.69) is 0 Å². The van der Waals surface area contributed by atoms with Gasteiger partial charge in [0.05, 0.1) is 17.6 Å². The Bertz CT molecular complexity index is 1600. The molecule has 1 fully saturated rings. The van der Waals surface area contributed by atoms with Crippen LogP contribution in [0.5, 0.6) is 17.2 Å². The lowest BCUT2D eigenvalue weighted by atomic mass is 9.61. The highest BCUT2D eigenvalue weighted by molar-refractivity contribution is 5.96. The highest BCUT2D eigenvalue weighted by atomic mass is 16.7. The van der Waals surface area contributed by atoms with Crippen molar-refractivity contribution in [2.45, 2.75) is 62.8 Å². The van der Waals surface area contributed by atoms with Crippen molar-refractivity contribution >= 4 is 16.9 Å². The molecule has 0 amide bonds. The summed E-state index contributed by atoms with van der Waals surface area (Å²) in [5.41, 5.74) is -9.32. The van der Waals surface area contributed by atoms with Gasteiger partial charge in [-0.25, -0.2) is 0 Å². The summed E-state index contributed by atoms with van der Waals surface area (Å²) in [7, 11) is 0. The second kappa shape index (κ2) is 9.16. The van der Waals surface area contributed by atoms with Gasteiger partial charge in [0.15, 0.2) is 22.9 Å². The fraction of sp³-hybridized carbons (Fsp3) is 0.448. The lowest BCUT2D eigenvalue weighted by molar-refractivity contribution is -0.441. The van der Waals surface area contributed by atoms with Crippen LogP contribution in [0.1, 0.15) is 45.2 Å². The number of aliphatic hydroxyl groups excluding tert-OH is 1. The SMILES string of the molecule is C[C@]1(Oc2ccc3c(=O)c(-c4ccc5c(c4)OCCO5)c(C(=O)[O-])oc3c2)O[C@](C)(CO)[C@](C)(O)[C@@](C)(O)[C@@]1(C)O. The highest BCUT2D eigenvalue weighted by Crippen LogP contribution is 2.53. The number of rotatable bonds is 5. The van der Waals surface area contributed by atoms with E-state index in [0.717, 1.165) is 0 Å². The molecule has 41 heavy (non-hydrogen) atoms. The van der Waals surface area contributed by atoms with Gasteiger partial charge in [-0.15, -0.1) is 0 Å². The number of carboxylic acids is 1. The Labute approximate surface area is 234 Å². The zero-order chi connectivity index (χ0) is 30.2. The van der Waals surface area contributed by atoms with Crippen LogP contribution in [0.25, 0.3) is 22.1 Å². The van der Waals surface area contributed by atoms with Crippen LogP contribution < -0.4 is 24.7 Å². The molecule has 0 saturated carbocycles. The quantitative estimate of drug-likeness (QED) is 0.337. The van der Waals surface area contributed by atoms with Gasteiger partial charge in [-0.2, -0.15) is 0 Å². The van der Waals surface area contributed by atoms with E-state index < -0.39 is 52.0 Å². The number of fused-ring (bicyclic) bond motifs is 2. The first kappa shape index (κ1) is 28.8. The van der Waals surface area contributed by atoms with E-state index in [1.807, 2.05) is 0 Å². The minimum atomic E-state index is -2.27. The molecule has 12 heteroatoms. The summed E-state index contributed by atoms with van der Waals surface area (Å²) in [5, 5.41) is 56.1. The largest absolute Gasteiger partial charge is 0.542 e. The lowest BCUT2D eigenvalue weighted by Crippen LogP contribution is -2.85. The van der Waals surface area contributed by atoms with Crippen LogP contribution in [0.2, 0.25) is 0 Å². The van der Waals surface area contributed by atoms with Crippen molar-refractivity contribution in [1.82, 2.24) is 0 Å². The molecule has 0 aliphatic carbocycles. The molecule has 2 aliphatic heterocycles. The summed E-state index contributed by atoms with van der Waals surface area (Å²) in [6.07, 6.45) is 0. The molecule has 5 rings (SSSR count). The topological polar surface area (TPSA) is 188 Å². The standard InChI is InChI=1S/C29H32O12/c1-25(14-30)26(2,34)27(3,35)28(4,36)29(5,41-25)40-16-7-8-17-19(13-16)39-23(24(32)33)21(22(17)31)15-6-9-18-20(12-15)38-11-10-37-18/h6-9,12-13,30,34-36H,10-11,14H2,1-5H3,(H,32,33)/p-1/t25-,26+,27-,28-,29+/m1/s1. The van der Waals surface area contributed by atoms with Crippen LogP contribution in [0.15, 0.2) is 45.6 Å². The fourth-order valence-corrected chi connectivity index (χ4v) is 5.43. The third kappa shape index (κ3) is 4.01. The number of hydrogen-bond donors (Lipinski definition) is 4. The van der Waals surface area contributed by atoms with E-state index in [4.69, 9.17) is 23.4 Å². The number of hydrogen-bond acceptors (Lipinski definition) is 12. The Kier molecular flexibility index (Phi) is 6.44. The Morgan fingerprint density at radius 2 is 1.59 bits per heavy atom. The van der Waals surface area contributed by atoms with E-state index in [-0.39, 0.29) is 27.8 Å². The highest BCUT2D eigenvalue weighted by Gasteiger charge is 2.75. The van der Waals surface area contributed by atoms with Crippen molar-refractivity contribution < 1.29 is 53.7 Å². The summed E-state index contributed by atoms with van der Waals surface area (Å²) in [5.74, 6) is -3.78. The van der Waals surface area contributed by atoms with E-state index in [1.165, 1.54) is 65.0 Å².